The van der Waals surface area contributed by atoms with Crippen LogP contribution in [0.1, 0.15) is 26.3 Å². The minimum atomic E-state index is -4.72. The van der Waals surface area contributed by atoms with Crippen LogP contribution >= 0.6 is 0 Å². The maximum Gasteiger partial charge on any atom is 0.417 e. The fourth-order valence-electron chi connectivity index (χ4n) is 2.36. The van der Waals surface area contributed by atoms with Crippen molar-refractivity contribution in [2.24, 2.45) is 0 Å². The Morgan fingerprint density at radius 3 is 2.20 bits per heavy atom. The van der Waals surface area contributed by atoms with E-state index in [0.29, 0.717) is 6.20 Å². The number of amides is 2. The average Bonchev–Trinajstić information content (AvgIpc) is 2.80. The fourth-order valence-corrected chi connectivity index (χ4v) is 2.36. The van der Waals surface area contributed by atoms with E-state index in [1.54, 1.807) is 12.1 Å². The Balaban J connectivity index is 1.65. The normalized spacial score (nSPS) is 14.0. The fraction of sp³-hybridized carbons (Fsp3) is 0.188. The molecule has 0 spiro atoms. The van der Waals surface area contributed by atoms with Crippen molar-refractivity contribution in [3.05, 3.63) is 59.0 Å². The van der Waals surface area contributed by atoms with Crippen molar-refractivity contribution in [2.45, 2.75) is 6.18 Å². The van der Waals surface area contributed by atoms with Crippen LogP contribution in [0, 0.1) is 5.82 Å². The number of ether oxygens (including phenoxy) is 1. The number of rotatable bonds is 4. The van der Waals surface area contributed by atoms with Crippen LogP contribution < -0.4 is 4.74 Å². The predicted molar refractivity (Wildman–Crippen MR) is 76.5 cm³/mol. The molecule has 5 nitrogen and oxygen atoms in total. The Morgan fingerprint density at radius 2 is 1.68 bits per heavy atom. The highest BCUT2D eigenvalue weighted by molar-refractivity contribution is 6.21. The molecule has 0 saturated carbocycles. The van der Waals surface area contributed by atoms with E-state index < -0.39 is 35.3 Å². The zero-order chi connectivity index (χ0) is 18.2. The Bertz CT molecular complexity index is 817. The first-order valence-corrected chi connectivity index (χ1v) is 7.10. The van der Waals surface area contributed by atoms with E-state index in [9.17, 15) is 27.2 Å². The lowest BCUT2D eigenvalue weighted by molar-refractivity contribution is -0.138. The minimum absolute atomic E-state index is 0.186. The lowest BCUT2D eigenvalue weighted by atomic mass is 10.1. The molecular weight excluding hydrogens is 344 g/mol. The van der Waals surface area contributed by atoms with E-state index in [-0.39, 0.29) is 30.3 Å². The van der Waals surface area contributed by atoms with Gasteiger partial charge in [-0.1, -0.05) is 12.1 Å². The van der Waals surface area contributed by atoms with Crippen molar-refractivity contribution in [3.63, 3.8) is 0 Å². The van der Waals surface area contributed by atoms with E-state index in [2.05, 4.69) is 4.98 Å². The third-order valence-electron chi connectivity index (χ3n) is 3.57. The number of halogens is 4. The SMILES string of the molecule is O=C1c2ccccc2C(=O)N1CCOc1ncc(C(F)(F)F)cc1F. The van der Waals surface area contributed by atoms with Crippen molar-refractivity contribution in [1.82, 2.24) is 9.88 Å². The second-order valence-electron chi connectivity index (χ2n) is 5.16. The van der Waals surface area contributed by atoms with Gasteiger partial charge in [-0.15, -0.1) is 0 Å². The van der Waals surface area contributed by atoms with E-state index in [1.165, 1.54) is 12.1 Å². The third-order valence-corrected chi connectivity index (χ3v) is 3.57. The number of hydrogen-bond acceptors (Lipinski definition) is 4. The minimum Gasteiger partial charge on any atom is -0.474 e. The number of imide groups is 1. The molecule has 0 radical (unpaired) electrons. The molecule has 9 heteroatoms. The second kappa shape index (κ2) is 6.15. The van der Waals surface area contributed by atoms with Crippen LogP contribution in [0.5, 0.6) is 5.88 Å². The maximum absolute atomic E-state index is 13.6. The molecule has 1 aromatic carbocycles. The first-order valence-electron chi connectivity index (χ1n) is 7.10. The van der Waals surface area contributed by atoms with Crippen LogP contribution in [0.3, 0.4) is 0 Å². The Labute approximate surface area is 138 Å². The lowest BCUT2D eigenvalue weighted by Gasteiger charge is -2.14. The van der Waals surface area contributed by atoms with Gasteiger partial charge in [0.25, 0.3) is 11.8 Å². The van der Waals surface area contributed by atoms with E-state index in [0.717, 1.165) is 4.90 Å². The Morgan fingerprint density at radius 1 is 1.08 bits per heavy atom. The van der Waals surface area contributed by atoms with Gasteiger partial charge in [-0.25, -0.2) is 9.37 Å². The van der Waals surface area contributed by atoms with E-state index >= 15 is 0 Å². The molecule has 2 heterocycles. The molecule has 0 saturated heterocycles. The van der Waals surface area contributed by atoms with Crippen molar-refractivity contribution in [2.75, 3.05) is 13.2 Å². The van der Waals surface area contributed by atoms with Crippen LogP contribution in [0.4, 0.5) is 17.6 Å². The number of nitrogens with zero attached hydrogens (tertiary/aromatic N) is 2. The largest absolute Gasteiger partial charge is 0.474 e. The number of hydrogen-bond donors (Lipinski definition) is 0. The summed E-state index contributed by atoms with van der Waals surface area (Å²) in [5.41, 5.74) is -0.727. The molecule has 0 unspecified atom stereocenters. The molecule has 0 bridgehead atoms. The smallest absolute Gasteiger partial charge is 0.417 e. The maximum atomic E-state index is 13.6. The average molecular weight is 354 g/mol. The highest BCUT2D eigenvalue weighted by Crippen LogP contribution is 2.30. The summed E-state index contributed by atoms with van der Waals surface area (Å²) in [4.78, 5) is 28.4. The molecule has 0 atom stereocenters. The highest BCUT2D eigenvalue weighted by Gasteiger charge is 2.35. The van der Waals surface area contributed by atoms with Crippen molar-refractivity contribution < 1.29 is 31.9 Å². The number of carbonyl (C=O) groups excluding carboxylic acids is 2. The van der Waals surface area contributed by atoms with Gasteiger partial charge < -0.3 is 4.74 Å². The standard InChI is InChI=1S/C16H10F4N2O3/c17-12-7-9(16(18,19)20)8-21-13(12)25-6-5-22-14(23)10-3-1-2-4-11(10)15(22)24/h1-4,7-8H,5-6H2. The van der Waals surface area contributed by atoms with Gasteiger partial charge in [0.2, 0.25) is 5.88 Å². The summed E-state index contributed by atoms with van der Waals surface area (Å²) in [6, 6.07) is 6.52. The lowest BCUT2D eigenvalue weighted by Crippen LogP contribution is -2.33. The molecule has 2 amide bonds. The molecule has 1 aliphatic heterocycles. The number of alkyl halides is 3. The van der Waals surface area contributed by atoms with Crippen molar-refractivity contribution in [3.8, 4) is 5.88 Å². The molecule has 2 aromatic rings. The van der Waals surface area contributed by atoms with Crippen molar-refractivity contribution >= 4 is 11.8 Å². The van der Waals surface area contributed by atoms with Crippen LogP contribution in [0.2, 0.25) is 0 Å². The summed E-state index contributed by atoms with van der Waals surface area (Å²) in [5, 5.41) is 0. The van der Waals surface area contributed by atoms with Crippen molar-refractivity contribution in [1.29, 1.82) is 0 Å². The first-order chi connectivity index (χ1) is 11.8. The molecule has 0 fully saturated rings. The topological polar surface area (TPSA) is 59.5 Å². The Hall–Kier alpha value is -2.97. The molecule has 1 aliphatic rings. The van der Waals surface area contributed by atoms with Crippen LogP contribution in [0.15, 0.2) is 36.5 Å². The number of benzene rings is 1. The van der Waals surface area contributed by atoms with Gasteiger partial charge in [0.1, 0.15) is 6.61 Å². The van der Waals surface area contributed by atoms with Gasteiger partial charge in [-0.2, -0.15) is 13.2 Å². The predicted octanol–water partition coefficient (Wildman–Crippen LogP) is 2.91. The molecule has 3 rings (SSSR count). The van der Waals surface area contributed by atoms with Gasteiger partial charge in [-0.05, 0) is 18.2 Å². The number of fused-ring (bicyclic) bond motifs is 1. The Kier molecular flexibility index (Phi) is 4.15. The molecule has 1 aromatic heterocycles. The number of pyridine rings is 1. The number of carbonyl (C=O) groups is 2. The molecule has 25 heavy (non-hydrogen) atoms. The monoisotopic (exact) mass is 354 g/mol. The summed E-state index contributed by atoms with van der Waals surface area (Å²) >= 11 is 0. The summed E-state index contributed by atoms with van der Waals surface area (Å²) in [7, 11) is 0. The van der Waals surface area contributed by atoms with Gasteiger partial charge >= 0.3 is 6.18 Å². The third kappa shape index (κ3) is 3.17. The molecular formula is C16H10F4N2O3. The van der Waals surface area contributed by atoms with Gasteiger partial charge in [0, 0.05) is 6.20 Å². The quantitative estimate of drug-likeness (QED) is 0.626. The van der Waals surface area contributed by atoms with Gasteiger partial charge in [-0.3, -0.25) is 14.5 Å². The molecule has 0 N–H and O–H groups in total. The molecule has 130 valence electrons. The highest BCUT2D eigenvalue weighted by atomic mass is 19.4. The van der Waals surface area contributed by atoms with E-state index in [4.69, 9.17) is 4.74 Å². The van der Waals surface area contributed by atoms with Crippen LogP contribution in [-0.2, 0) is 6.18 Å². The van der Waals surface area contributed by atoms with Gasteiger partial charge in [0.05, 0.1) is 23.2 Å². The zero-order valence-corrected chi connectivity index (χ0v) is 12.5. The number of aromatic nitrogens is 1. The summed E-state index contributed by atoms with van der Waals surface area (Å²) < 4.78 is 55.9. The van der Waals surface area contributed by atoms with Gasteiger partial charge in [0.15, 0.2) is 5.82 Å². The summed E-state index contributed by atoms with van der Waals surface area (Å²) in [6.07, 6.45) is -4.27. The first kappa shape index (κ1) is 16.9. The zero-order valence-electron chi connectivity index (χ0n) is 12.5. The van der Waals surface area contributed by atoms with Crippen LogP contribution in [0.25, 0.3) is 0 Å². The summed E-state index contributed by atoms with van der Waals surface area (Å²) in [5.74, 6) is -2.93. The molecule has 0 aliphatic carbocycles. The second-order valence-corrected chi connectivity index (χ2v) is 5.16. The summed E-state index contributed by atoms with van der Waals surface area (Å²) in [6.45, 7) is -0.491. The van der Waals surface area contributed by atoms with E-state index in [1.807, 2.05) is 0 Å². The van der Waals surface area contributed by atoms with Crippen LogP contribution in [-0.4, -0.2) is 34.8 Å².